The summed E-state index contributed by atoms with van der Waals surface area (Å²) in [7, 11) is -3.34. The fourth-order valence-corrected chi connectivity index (χ4v) is 3.64. The Bertz CT molecular complexity index is 879. The third kappa shape index (κ3) is 5.72. The number of hydrogen-bond donors (Lipinski definition) is 1. The largest absolute Gasteiger partial charge is 0.491 e. The molecule has 0 aliphatic heterocycles. The molecule has 1 atom stereocenters. The number of aryl methyl sites for hydroxylation is 1. The summed E-state index contributed by atoms with van der Waals surface area (Å²) in [5, 5.41) is 2.88. The molecule has 2 aromatic carbocycles. The molecule has 2 rings (SSSR count). The average molecular weight is 391 g/mol. The van der Waals surface area contributed by atoms with Gasteiger partial charge in [-0.3, -0.25) is 9.10 Å². The van der Waals surface area contributed by atoms with Crippen LogP contribution in [-0.4, -0.2) is 39.8 Å². The Morgan fingerprint density at radius 3 is 2.33 bits per heavy atom. The van der Waals surface area contributed by atoms with Gasteiger partial charge in [0.1, 0.15) is 12.4 Å². The first-order valence-corrected chi connectivity index (χ1v) is 10.6. The van der Waals surface area contributed by atoms with E-state index in [0.717, 1.165) is 17.6 Å². The van der Waals surface area contributed by atoms with Crippen molar-refractivity contribution in [2.75, 3.05) is 23.7 Å². The number of hydrogen-bond acceptors (Lipinski definition) is 4. The molecular weight excluding hydrogens is 364 g/mol. The van der Waals surface area contributed by atoms with E-state index in [2.05, 4.69) is 5.32 Å². The molecule has 27 heavy (non-hydrogen) atoms. The molecule has 0 spiro atoms. The smallest absolute Gasteiger partial charge is 0.251 e. The van der Waals surface area contributed by atoms with E-state index in [-0.39, 0.29) is 11.9 Å². The lowest BCUT2D eigenvalue weighted by Gasteiger charge is -2.20. The lowest BCUT2D eigenvalue weighted by molar-refractivity contribution is 0.0926. The van der Waals surface area contributed by atoms with Crippen LogP contribution in [0.3, 0.4) is 0 Å². The predicted molar refractivity (Wildman–Crippen MR) is 108 cm³/mol. The summed E-state index contributed by atoms with van der Waals surface area (Å²) in [6, 6.07) is 14.0. The fraction of sp³-hybridized carbons (Fsp3) is 0.350. The van der Waals surface area contributed by atoms with Crippen LogP contribution in [0.15, 0.2) is 48.5 Å². The van der Waals surface area contributed by atoms with Gasteiger partial charge in [-0.25, -0.2) is 8.42 Å². The Balaban J connectivity index is 1.96. The summed E-state index contributed by atoms with van der Waals surface area (Å²) in [6.45, 7) is 6.28. The van der Waals surface area contributed by atoms with Gasteiger partial charge in [0.2, 0.25) is 10.0 Å². The van der Waals surface area contributed by atoms with Crippen LogP contribution in [0.25, 0.3) is 0 Å². The SMILES string of the molecule is CCN(c1ccc(C(=O)N[C@H](C)COc2ccccc2C)cc1)S(C)(=O)=O. The molecule has 0 aliphatic carbocycles. The van der Waals surface area contributed by atoms with E-state index in [9.17, 15) is 13.2 Å². The second kappa shape index (κ2) is 8.90. The normalized spacial score (nSPS) is 12.3. The fourth-order valence-electron chi connectivity index (χ4n) is 2.67. The Morgan fingerprint density at radius 1 is 1.15 bits per heavy atom. The number of nitrogens with zero attached hydrogens (tertiary/aromatic N) is 1. The standard InChI is InChI=1S/C20H26N2O4S/c1-5-22(27(4,24)25)18-12-10-17(11-13-18)20(23)21-16(3)14-26-19-9-7-6-8-15(19)2/h6-13,16H,5,14H2,1-4H3,(H,21,23)/t16-/m1/s1. The van der Waals surface area contributed by atoms with Crippen LogP contribution in [0.5, 0.6) is 5.75 Å². The number of anilines is 1. The number of carbonyl (C=O) groups is 1. The molecule has 7 heteroatoms. The van der Waals surface area contributed by atoms with Crippen LogP contribution >= 0.6 is 0 Å². The summed E-state index contributed by atoms with van der Waals surface area (Å²) < 4.78 is 30.6. The summed E-state index contributed by atoms with van der Waals surface area (Å²) >= 11 is 0. The number of sulfonamides is 1. The molecule has 146 valence electrons. The van der Waals surface area contributed by atoms with Crippen LogP contribution in [-0.2, 0) is 10.0 Å². The van der Waals surface area contributed by atoms with Crippen molar-refractivity contribution in [1.82, 2.24) is 5.32 Å². The van der Waals surface area contributed by atoms with E-state index in [4.69, 9.17) is 4.74 Å². The van der Waals surface area contributed by atoms with Crippen molar-refractivity contribution in [1.29, 1.82) is 0 Å². The zero-order chi connectivity index (χ0) is 20.0. The van der Waals surface area contributed by atoms with Gasteiger partial charge in [0.25, 0.3) is 5.91 Å². The molecule has 0 aromatic heterocycles. The average Bonchev–Trinajstić information content (AvgIpc) is 2.61. The van der Waals surface area contributed by atoms with Crippen molar-refractivity contribution in [2.24, 2.45) is 0 Å². The van der Waals surface area contributed by atoms with E-state index in [1.807, 2.05) is 38.1 Å². The van der Waals surface area contributed by atoms with Gasteiger partial charge in [0.15, 0.2) is 0 Å². The van der Waals surface area contributed by atoms with E-state index in [1.165, 1.54) is 4.31 Å². The number of nitrogens with one attached hydrogen (secondary N) is 1. The molecule has 6 nitrogen and oxygen atoms in total. The first kappa shape index (κ1) is 20.8. The predicted octanol–water partition coefficient (Wildman–Crippen LogP) is 2.98. The topological polar surface area (TPSA) is 75.7 Å². The summed E-state index contributed by atoms with van der Waals surface area (Å²) in [6.07, 6.45) is 1.16. The van der Waals surface area contributed by atoms with Gasteiger partial charge < -0.3 is 10.1 Å². The number of benzene rings is 2. The van der Waals surface area contributed by atoms with Crippen molar-refractivity contribution < 1.29 is 17.9 Å². The molecule has 1 amide bonds. The van der Waals surface area contributed by atoms with Gasteiger partial charge in [0.05, 0.1) is 18.0 Å². The van der Waals surface area contributed by atoms with Crippen LogP contribution in [0.1, 0.15) is 29.8 Å². The zero-order valence-electron chi connectivity index (χ0n) is 16.1. The van der Waals surface area contributed by atoms with Gasteiger partial charge >= 0.3 is 0 Å². The van der Waals surface area contributed by atoms with Crippen LogP contribution in [0.4, 0.5) is 5.69 Å². The van der Waals surface area contributed by atoms with E-state index >= 15 is 0 Å². The number of ether oxygens (including phenoxy) is 1. The first-order chi connectivity index (χ1) is 12.7. The minimum absolute atomic E-state index is 0.181. The Labute approximate surface area is 161 Å². The van der Waals surface area contributed by atoms with Crippen LogP contribution in [0.2, 0.25) is 0 Å². The molecule has 1 N–H and O–H groups in total. The molecule has 0 saturated carbocycles. The van der Waals surface area contributed by atoms with E-state index in [0.29, 0.717) is 24.4 Å². The molecule has 0 fully saturated rings. The molecule has 0 saturated heterocycles. The zero-order valence-corrected chi connectivity index (χ0v) is 16.9. The van der Waals surface area contributed by atoms with Crippen LogP contribution < -0.4 is 14.4 Å². The van der Waals surface area contributed by atoms with Crippen LogP contribution in [0, 0.1) is 6.92 Å². The molecule has 0 heterocycles. The summed E-state index contributed by atoms with van der Waals surface area (Å²) in [5.74, 6) is 0.563. The maximum Gasteiger partial charge on any atom is 0.251 e. The molecule has 0 bridgehead atoms. The third-order valence-electron chi connectivity index (χ3n) is 4.06. The maximum atomic E-state index is 12.4. The summed E-state index contributed by atoms with van der Waals surface area (Å²) in [4.78, 5) is 12.4. The van der Waals surface area contributed by atoms with Gasteiger partial charge in [-0.05, 0) is 56.7 Å². The van der Waals surface area contributed by atoms with Gasteiger partial charge in [-0.1, -0.05) is 18.2 Å². The minimum Gasteiger partial charge on any atom is -0.491 e. The highest BCUT2D eigenvalue weighted by molar-refractivity contribution is 7.92. The van der Waals surface area contributed by atoms with E-state index in [1.54, 1.807) is 31.2 Å². The van der Waals surface area contributed by atoms with Crippen molar-refractivity contribution >= 4 is 21.6 Å². The highest BCUT2D eigenvalue weighted by atomic mass is 32.2. The number of amides is 1. The molecular formula is C20H26N2O4S. The number of para-hydroxylation sites is 1. The molecule has 0 radical (unpaired) electrons. The quantitative estimate of drug-likeness (QED) is 0.752. The monoisotopic (exact) mass is 390 g/mol. The van der Waals surface area contributed by atoms with Gasteiger partial charge in [-0.2, -0.15) is 0 Å². The lowest BCUT2D eigenvalue weighted by Crippen LogP contribution is -2.36. The Morgan fingerprint density at radius 2 is 1.78 bits per heavy atom. The molecule has 2 aromatic rings. The molecule has 0 aliphatic rings. The Kier molecular flexibility index (Phi) is 6.85. The second-order valence-corrected chi connectivity index (χ2v) is 8.33. The van der Waals surface area contributed by atoms with Crippen molar-refractivity contribution in [3.63, 3.8) is 0 Å². The van der Waals surface area contributed by atoms with Crippen molar-refractivity contribution in [3.8, 4) is 5.75 Å². The second-order valence-electron chi connectivity index (χ2n) is 6.43. The first-order valence-electron chi connectivity index (χ1n) is 8.79. The van der Waals surface area contributed by atoms with Crippen molar-refractivity contribution in [3.05, 3.63) is 59.7 Å². The maximum absolute atomic E-state index is 12.4. The highest BCUT2D eigenvalue weighted by Gasteiger charge is 2.16. The number of carbonyl (C=O) groups excluding carboxylic acids is 1. The lowest BCUT2D eigenvalue weighted by atomic mass is 10.2. The van der Waals surface area contributed by atoms with E-state index < -0.39 is 10.0 Å². The third-order valence-corrected chi connectivity index (χ3v) is 5.33. The van der Waals surface area contributed by atoms with Gasteiger partial charge in [0, 0.05) is 12.1 Å². The number of rotatable bonds is 8. The van der Waals surface area contributed by atoms with Gasteiger partial charge in [-0.15, -0.1) is 0 Å². The highest BCUT2D eigenvalue weighted by Crippen LogP contribution is 2.18. The molecule has 0 unspecified atom stereocenters. The summed E-state index contributed by atoms with van der Waals surface area (Å²) in [5.41, 5.74) is 2.04. The van der Waals surface area contributed by atoms with Crippen molar-refractivity contribution in [2.45, 2.75) is 26.8 Å². The minimum atomic E-state index is -3.34. The Hall–Kier alpha value is -2.54.